The highest BCUT2D eigenvalue weighted by molar-refractivity contribution is 5.80. The molecule has 0 bridgehead atoms. The van der Waals surface area contributed by atoms with E-state index in [0.29, 0.717) is 25.3 Å². The first kappa shape index (κ1) is 28.1. The maximum Gasteiger partial charge on any atom is 0.381 e. The van der Waals surface area contributed by atoms with E-state index >= 15 is 0 Å². The second-order valence-electron chi connectivity index (χ2n) is 8.72. The van der Waals surface area contributed by atoms with Crippen LogP contribution in [0.2, 0.25) is 0 Å². The van der Waals surface area contributed by atoms with E-state index in [1.165, 1.54) is 102 Å². The van der Waals surface area contributed by atoms with Crippen LogP contribution in [0.1, 0.15) is 116 Å². The lowest BCUT2D eigenvalue weighted by molar-refractivity contribution is -0.389. The van der Waals surface area contributed by atoms with Crippen LogP contribution in [-0.4, -0.2) is 32.1 Å². The summed E-state index contributed by atoms with van der Waals surface area (Å²) in [6.45, 7) is 3.44. The van der Waals surface area contributed by atoms with Crippen molar-refractivity contribution < 1.29 is 10.1 Å². The number of aryl methyl sites for hydroxylation is 1. The summed E-state index contributed by atoms with van der Waals surface area (Å²) >= 11 is 0. The second-order valence-corrected chi connectivity index (χ2v) is 8.72. The Morgan fingerprint density at radius 1 is 0.969 bits per heavy atom. The molecule has 0 fully saturated rings. The van der Waals surface area contributed by atoms with Gasteiger partial charge in [0.25, 0.3) is 0 Å². The third-order valence-electron chi connectivity index (χ3n) is 5.86. The van der Waals surface area contributed by atoms with E-state index in [1.54, 1.807) is 4.57 Å². The number of hydrogen-bond donors (Lipinski definition) is 2. The highest BCUT2D eigenvalue weighted by Crippen LogP contribution is 2.13. The van der Waals surface area contributed by atoms with Gasteiger partial charge in [0.15, 0.2) is 0 Å². The van der Waals surface area contributed by atoms with Crippen LogP contribution in [0, 0.1) is 10.1 Å². The molecule has 1 aromatic heterocycles. The molecule has 8 heteroatoms. The number of imidazole rings is 1. The van der Waals surface area contributed by atoms with E-state index in [0.717, 1.165) is 12.8 Å². The third-order valence-corrected chi connectivity index (χ3v) is 5.86. The van der Waals surface area contributed by atoms with Gasteiger partial charge >= 0.3 is 5.82 Å². The maximum absolute atomic E-state index is 10.6. The molecule has 184 valence electrons. The lowest BCUT2D eigenvalue weighted by atomic mass is 10.0. The van der Waals surface area contributed by atoms with E-state index in [4.69, 9.17) is 0 Å². The molecule has 0 saturated carbocycles. The second kappa shape index (κ2) is 19.7. The fraction of sp³-hybridized carbons (Fsp3) is 0.833. The van der Waals surface area contributed by atoms with Crippen LogP contribution >= 0.6 is 0 Å². The first-order valence-electron chi connectivity index (χ1n) is 12.8. The average Bonchev–Trinajstić information content (AvgIpc) is 3.27. The van der Waals surface area contributed by atoms with Crippen molar-refractivity contribution in [3.63, 3.8) is 0 Å². The van der Waals surface area contributed by atoms with Crippen molar-refractivity contribution in [3.8, 4) is 0 Å². The van der Waals surface area contributed by atoms with Gasteiger partial charge in [-0.3, -0.25) is 15.7 Å². The summed E-state index contributed by atoms with van der Waals surface area (Å²) in [6.07, 6.45) is 24.7. The number of hydroxylamine groups is 1. The Morgan fingerprint density at radius 3 is 1.91 bits per heavy atom. The lowest BCUT2D eigenvalue weighted by Gasteiger charge is -2.05. The Labute approximate surface area is 194 Å². The summed E-state index contributed by atoms with van der Waals surface area (Å²) < 4.78 is 1.62. The van der Waals surface area contributed by atoms with Crippen molar-refractivity contribution in [1.82, 2.24) is 15.0 Å². The van der Waals surface area contributed by atoms with Crippen LogP contribution in [-0.2, 0) is 6.54 Å². The van der Waals surface area contributed by atoms with Gasteiger partial charge in [0.1, 0.15) is 12.0 Å². The van der Waals surface area contributed by atoms with E-state index in [2.05, 4.69) is 22.4 Å². The molecule has 0 aliphatic heterocycles. The minimum Gasteiger partial charge on any atom is -0.358 e. The standard InChI is InChI=1S/C24H45N5O3/c1-2-3-4-5-6-7-8-9-10-11-12-13-14-15-16-17-19-25-23(27-30)18-20-28-21-24(26-22-28)29(31)32/h21-22,30H,2-20H2,1H3,(H,25,27). The van der Waals surface area contributed by atoms with Crippen LogP contribution in [0.4, 0.5) is 5.82 Å². The number of nitrogens with zero attached hydrogens (tertiary/aromatic N) is 4. The molecule has 0 aliphatic carbocycles. The highest BCUT2D eigenvalue weighted by atomic mass is 16.6. The number of amidine groups is 1. The highest BCUT2D eigenvalue weighted by Gasteiger charge is 2.09. The molecular formula is C24H45N5O3. The van der Waals surface area contributed by atoms with Crippen LogP contribution in [0.5, 0.6) is 0 Å². The zero-order valence-electron chi connectivity index (χ0n) is 20.1. The predicted octanol–water partition coefficient (Wildman–Crippen LogP) is 6.82. The van der Waals surface area contributed by atoms with Gasteiger partial charge < -0.3 is 14.7 Å². The van der Waals surface area contributed by atoms with Crippen molar-refractivity contribution >= 4 is 11.7 Å². The van der Waals surface area contributed by atoms with Crippen molar-refractivity contribution in [1.29, 1.82) is 0 Å². The van der Waals surface area contributed by atoms with E-state index in [9.17, 15) is 15.3 Å². The monoisotopic (exact) mass is 451 g/mol. The molecule has 0 amide bonds. The minimum absolute atomic E-state index is 0.173. The Bertz CT molecular complexity index is 619. The summed E-state index contributed by atoms with van der Waals surface area (Å²) in [6, 6.07) is 0. The Kier molecular flexibility index (Phi) is 17.3. The van der Waals surface area contributed by atoms with Crippen LogP contribution in [0.25, 0.3) is 0 Å². The van der Waals surface area contributed by atoms with Crippen LogP contribution in [0.15, 0.2) is 17.5 Å². The first-order valence-corrected chi connectivity index (χ1v) is 12.8. The van der Waals surface area contributed by atoms with Gasteiger partial charge in [-0.05, 0) is 16.3 Å². The van der Waals surface area contributed by atoms with Crippen LogP contribution in [0.3, 0.4) is 0 Å². The number of nitro groups is 1. The lowest BCUT2D eigenvalue weighted by Crippen LogP contribution is -2.21. The SMILES string of the molecule is CCCCCCCCCCCCCCCCCCN=C(CCn1cnc([N+](=O)[O-])c1)NO. The molecular weight excluding hydrogens is 406 g/mol. The number of hydrogen-bond acceptors (Lipinski definition) is 5. The fourth-order valence-electron chi connectivity index (χ4n) is 3.84. The molecule has 0 atom stereocenters. The summed E-state index contributed by atoms with van der Waals surface area (Å²) in [4.78, 5) is 18.2. The van der Waals surface area contributed by atoms with Crippen molar-refractivity contribution in [2.24, 2.45) is 4.99 Å². The zero-order chi connectivity index (χ0) is 23.3. The summed E-state index contributed by atoms with van der Waals surface area (Å²) in [5, 5.41) is 19.9. The number of aromatic nitrogens is 2. The van der Waals surface area contributed by atoms with E-state index in [-0.39, 0.29) is 5.82 Å². The number of rotatable bonds is 21. The van der Waals surface area contributed by atoms with Gasteiger partial charge in [0, 0.05) is 19.5 Å². The molecule has 1 aromatic rings. The summed E-state index contributed by atoms with van der Waals surface area (Å²) in [5.41, 5.74) is 2.14. The predicted molar refractivity (Wildman–Crippen MR) is 130 cm³/mol. The van der Waals surface area contributed by atoms with Gasteiger partial charge in [-0.1, -0.05) is 103 Å². The quantitative estimate of drug-likeness (QED) is 0.0701. The molecule has 0 spiro atoms. The van der Waals surface area contributed by atoms with Gasteiger partial charge in [-0.25, -0.2) is 0 Å². The number of nitrogens with one attached hydrogen (secondary N) is 1. The largest absolute Gasteiger partial charge is 0.381 e. The van der Waals surface area contributed by atoms with Gasteiger partial charge in [-0.2, -0.15) is 0 Å². The third kappa shape index (κ3) is 14.9. The normalized spacial score (nSPS) is 11.8. The van der Waals surface area contributed by atoms with Crippen molar-refractivity contribution in [3.05, 3.63) is 22.6 Å². The Morgan fingerprint density at radius 2 is 1.47 bits per heavy atom. The van der Waals surface area contributed by atoms with E-state index in [1.807, 2.05) is 0 Å². The molecule has 0 unspecified atom stereocenters. The Hall–Kier alpha value is -1.96. The molecule has 1 rings (SSSR count). The summed E-state index contributed by atoms with van der Waals surface area (Å²) in [7, 11) is 0. The molecule has 32 heavy (non-hydrogen) atoms. The minimum atomic E-state index is -0.521. The fourth-order valence-corrected chi connectivity index (χ4v) is 3.84. The molecule has 0 radical (unpaired) electrons. The van der Waals surface area contributed by atoms with Crippen molar-refractivity contribution in [2.45, 2.75) is 123 Å². The number of aliphatic imine (C=N–C) groups is 1. The molecule has 0 aromatic carbocycles. The first-order chi connectivity index (χ1) is 15.7. The van der Waals surface area contributed by atoms with Gasteiger partial charge in [-0.15, -0.1) is 0 Å². The number of unbranched alkanes of at least 4 members (excludes halogenated alkanes) is 15. The molecule has 8 nitrogen and oxygen atoms in total. The van der Waals surface area contributed by atoms with Gasteiger partial charge in [0.2, 0.25) is 6.33 Å². The average molecular weight is 452 g/mol. The molecule has 0 aliphatic rings. The molecule has 1 heterocycles. The van der Waals surface area contributed by atoms with Gasteiger partial charge in [0.05, 0.1) is 0 Å². The van der Waals surface area contributed by atoms with E-state index < -0.39 is 4.92 Å². The van der Waals surface area contributed by atoms with Crippen molar-refractivity contribution in [2.75, 3.05) is 6.54 Å². The topological polar surface area (TPSA) is 106 Å². The Balaban J connectivity index is 1.91. The maximum atomic E-state index is 10.6. The summed E-state index contributed by atoms with van der Waals surface area (Å²) in [5.74, 6) is 0.330. The smallest absolute Gasteiger partial charge is 0.358 e. The zero-order valence-corrected chi connectivity index (χ0v) is 20.1. The molecule has 0 saturated heterocycles. The van der Waals surface area contributed by atoms with Crippen LogP contribution < -0.4 is 5.48 Å². The molecule has 2 N–H and O–H groups in total.